The SMILES string of the molecule is COC(=O)c1ncc(-c2ccccc2)n1-c1ccccc1O. The molecule has 22 heavy (non-hydrogen) atoms. The maximum atomic E-state index is 12.0. The highest BCUT2D eigenvalue weighted by molar-refractivity contribution is 5.88. The molecule has 5 heteroatoms. The van der Waals surface area contributed by atoms with Crippen molar-refractivity contribution in [1.29, 1.82) is 0 Å². The molecule has 5 nitrogen and oxygen atoms in total. The Kier molecular flexibility index (Phi) is 3.62. The third-order valence-electron chi connectivity index (χ3n) is 3.32. The minimum atomic E-state index is -0.564. The van der Waals surface area contributed by atoms with Gasteiger partial charge in [-0.05, 0) is 12.1 Å². The number of carbonyl (C=O) groups is 1. The fourth-order valence-corrected chi connectivity index (χ4v) is 2.30. The summed E-state index contributed by atoms with van der Waals surface area (Å²) >= 11 is 0. The molecule has 0 amide bonds. The molecule has 0 saturated carbocycles. The molecule has 0 radical (unpaired) electrons. The summed E-state index contributed by atoms with van der Waals surface area (Å²) in [7, 11) is 1.30. The second-order valence-corrected chi connectivity index (χ2v) is 4.65. The van der Waals surface area contributed by atoms with Crippen molar-refractivity contribution < 1.29 is 14.6 Å². The van der Waals surface area contributed by atoms with E-state index in [0.29, 0.717) is 11.4 Å². The average Bonchev–Trinajstić information content (AvgIpc) is 3.00. The van der Waals surface area contributed by atoms with Crippen LogP contribution in [0.25, 0.3) is 16.9 Å². The Morgan fingerprint density at radius 1 is 1.09 bits per heavy atom. The number of ether oxygens (including phenoxy) is 1. The molecule has 0 atom stereocenters. The Labute approximate surface area is 127 Å². The van der Waals surface area contributed by atoms with Crippen LogP contribution in [0.3, 0.4) is 0 Å². The van der Waals surface area contributed by atoms with Crippen molar-refractivity contribution in [1.82, 2.24) is 9.55 Å². The van der Waals surface area contributed by atoms with E-state index >= 15 is 0 Å². The fourth-order valence-electron chi connectivity index (χ4n) is 2.30. The van der Waals surface area contributed by atoms with Gasteiger partial charge in [-0.15, -0.1) is 0 Å². The van der Waals surface area contributed by atoms with Crippen LogP contribution in [0.2, 0.25) is 0 Å². The highest BCUT2D eigenvalue weighted by Gasteiger charge is 2.21. The molecule has 0 unspecified atom stereocenters. The van der Waals surface area contributed by atoms with E-state index in [1.165, 1.54) is 7.11 Å². The maximum Gasteiger partial charge on any atom is 0.374 e. The number of aromatic hydroxyl groups is 1. The zero-order valence-electron chi connectivity index (χ0n) is 11.9. The average molecular weight is 294 g/mol. The highest BCUT2D eigenvalue weighted by Crippen LogP contribution is 2.29. The van der Waals surface area contributed by atoms with Gasteiger partial charge in [-0.1, -0.05) is 42.5 Å². The van der Waals surface area contributed by atoms with Gasteiger partial charge >= 0.3 is 5.97 Å². The number of esters is 1. The van der Waals surface area contributed by atoms with E-state index in [9.17, 15) is 9.90 Å². The molecule has 1 heterocycles. The summed E-state index contributed by atoms with van der Waals surface area (Å²) in [6.45, 7) is 0. The van der Waals surface area contributed by atoms with E-state index in [4.69, 9.17) is 4.74 Å². The molecule has 0 aliphatic rings. The lowest BCUT2D eigenvalue weighted by Crippen LogP contribution is -2.11. The van der Waals surface area contributed by atoms with E-state index < -0.39 is 5.97 Å². The molecule has 2 aromatic carbocycles. The molecule has 0 bridgehead atoms. The smallest absolute Gasteiger partial charge is 0.374 e. The lowest BCUT2D eigenvalue weighted by molar-refractivity contribution is 0.0585. The summed E-state index contributed by atoms with van der Waals surface area (Å²) in [5, 5.41) is 10.1. The Morgan fingerprint density at radius 3 is 2.45 bits per heavy atom. The van der Waals surface area contributed by atoms with E-state index in [2.05, 4.69) is 4.98 Å². The van der Waals surface area contributed by atoms with Gasteiger partial charge in [0.05, 0.1) is 24.7 Å². The molecule has 3 aromatic rings. The molecular weight excluding hydrogens is 280 g/mol. The Bertz CT molecular complexity index is 810. The third-order valence-corrected chi connectivity index (χ3v) is 3.32. The predicted molar refractivity (Wildman–Crippen MR) is 82.0 cm³/mol. The van der Waals surface area contributed by atoms with Gasteiger partial charge < -0.3 is 9.84 Å². The maximum absolute atomic E-state index is 12.0. The standard InChI is InChI=1S/C17H14N2O3/c1-22-17(21)16-18-11-14(12-7-3-2-4-8-12)19(16)13-9-5-6-10-15(13)20/h2-11,20H,1H3. The van der Waals surface area contributed by atoms with Gasteiger partial charge in [-0.2, -0.15) is 0 Å². The number of rotatable bonds is 3. The van der Waals surface area contributed by atoms with Crippen molar-refractivity contribution in [3.05, 3.63) is 66.6 Å². The van der Waals surface area contributed by atoms with Crippen molar-refractivity contribution in [3.8, 4) is 22.7 Å². The molecule has 1 aromatic heterocycles. The molecule has 0 fully saturated rings. The topological polar surface area (TPSA) is 64.3 Å². The van der Waals surface area contributed by atoms with Crippen LogP contribution >= 0.6 is 0 Å². The number of phenolic OH excluding ortho intramolecular Hbond substituents is 1. The Hall–Kier alpha value is -3.08. The van der Waals surface area contributed by atoms with E-state index in [1.54, 1.807) is 35.0 Å². The van der Waals surface area contributed by atoms with Crippen LogP contribution in [0.1, 0.15) is 10.6 Å². The van der Waals surface area contributed by atoms with Gasteiger partial charge in [-0.3, -0.25) is 4.57 Å². The van der Waals surface area contributed by atoms with Crippen LogP contribution in [0.4, 0.5) is 0 Å². The van der Waals surface area contributed by atoms with Crippen LogP contribution in [0.15, 0.2) is 60.8 Å². The Balaban J connectivity index is 2.27. The van der Waals surface area contributed by atoms with Gasteiger partial charge in [-0.25, -0.2) is 9.78 Å². The molecule has 3 rings (SSSR count). The first kappa shape index (κ1) is 13.9. The highest BCUT2D eigenvalue weighted by atomic mass is 16.5. The van der Waals surface area contributed by atoms with E-state index in [0.717, 1.165) is 5.56 Å². The molecule has 0 spiro atoms. The summed E-state index contributed by atoms with van der Waals surface area (Å²) < 4.78 is 6.38. The van der Waals surface area contributed by atoms with Crippen LogP contribution in [0.5, 0.6) is 5.75 Å². The lowest BCUT2D eigenvalue weighted by atomic mass is 10.1. The summed E-state index contributed by atoms with van der Waals surface area (Å²) in [6.07, 6.45) is 1.59. The molecule has 1 N–H and O–H groups in total. The largest absolute Gasteiger partial charge is 0.506 e. The molecule has 110 valence electrons. The number of benzene rings is 2. The number of hydrogen-bond acceptors (Lipinski definition) is 4. The molecular formula is C17H14N2O3. The minimum Gasteiger partial charge on any atom is -0.506 e. The number of nitrogens with zero attached hydrogens (tertiary/aromatic N) is 2. The second kappa shape index (κ2) is 5.73. The van der Waals surface area contributed by atoms with Crippen molar-refractivity contribution in [2.45, 2.75) is 0 Å². The number of imidazole rings is 1. The van der Waals surface area contributed by atoms with Crippen molar-refractivity contribution in [2.75, 3.05) is 7.11 Å². The normalized spacial score (nSPS) is 10.4. The van der Waals surface area contributed by atoms with Gasteiger partial charge in [0.15, 0.2) is 0 Å². The van der Waals surface area contributed by atoms with Gasteiger partial charge in [0.25, 0.3) is 0 Å². The zero-order chi connectivity index (χ0) is 15.5. The number of para-hydroxylation sites is 2. The quantitative estimate of drug-likeness (QED) is 0.754. The fraction of sp³-hybridized carbons (Fsp3) is 0.0588. The first-order valence-corrected chi connectivity index (χ1v) is 6.72. The van der Waals surface area contributed by atoms with E-state index in [-0.39, 0.29) is 11.6 Å². The number of carbonyl (C=O) groups excluding carboxylic acids is 1. The number of phenols is 1. The number of hydrogen-bond donors (Lipinski definition) is 1. The monoisotopic (exact) mass is 294 g/mol. The summed E-state index contributed by atoms with van der Waals surface area (Å²) in [5.41, 5.74) is 2.05. The summed E-state index contributed by atoms with van der Waals surface area (Å²) in [4.78, 5) is 16.1. The van der Waals surface area contributed by atoms with Crippen molar-refractivity contribution >= 4 is 5.97 Å². The van der Waals surface area contributed by atoms with Gasteiger partial charge in [0.1, 0.15) is 5.75 Å². The zero-order valence-corrected chi connectivity index (χ0v) is 11.9. The van der Waals surface area contributed by atoms with Crippen molar-refractivity contribution in [3.63, 3.8) is 0 Å². The predicted octanol–water partition coefficient (Wildman–Crippen LogP) is 3.03. The van der Waals surface area contributed by atoms with Crippen LogP contribution < -0.4 is 0 Å². The van der Waals surface area contributed by atoms with Crippen LogP contribution in [-0.2, 0) is 4.74 Å². The van der Waals surface area contributed by atoms with E-state index in [1.807, 2.05) is 30.3 Å². The number of aromatic nitrogens is 2. The first-order chi connectivity index (χ1) is 10.7. The van der Waals surface area contributed by atoms with Crippen LogP contribution in [-0.4, -0.2) is 27.7 Å². The summed E-state index contributed by atoms with van der Waals surface area (Å²) in [6, 6.07) is 16.3. The number of methoxy groups -OCH3 is 1. The second-order valence-electron chi connectivity index (χ2n) is 4.65. The van der Waals surface area contributed by atoms with Gasteiger partial charge in [0, 0.05) is 5.56 Å². The summed E-state index contributed by atoms with van der Waals surface area (Å²) in [5.74, 6) is -0.392. The first-order valence-electron chi connectivity index (χ1n) is 6.72. The molecule has 0 aliphatic heterocycles. The molecule has 0 aliphatic carbocycles. The third kappa shape index (κ3) is 2.33. The van der Waals surface area contributed by atoms with Crippen molar-refractivity contribution in [2.24, 2.45) is 0 Å². The minimum absolute atomic E-state index is 0.0582. The Morgan fingerprint density at radius 2 is 1.77 bits per heavy atom. The van der Waals surface area contributed by atoms with Crippen LogP contribution in [0, 0.1) is 0 Å². The molecule has 0 saturated heterocycles. The van der Waals surface area contributed by atoms with Gasteiger partial charge in [0.2, 0.25) is 5.82 Å². The lowest BCUT2D eigenvalue weighted by Gasteiger charge is -2.12.